The van der Waals surface area contributed by atoms with Gasteiger partial charge in [-0.15, -0.1) is 0 Å². The second-order valence-corrected chi connectivity index (χ2v) is 7.35. The first-order chi connectivity index (χ1) is 13.0. The number of hydrogen-bond donors (Lipinski definition) is 0. The van der Waals surface area contributed by atoms with Crippen molar-refractivity contribution in [3.8, 4) is 11.4 Å². The molecule has 1 saturated heterocycles. The smallest absolute Gasteiger partial charge is 0.231 e. The SMILES string of the molecule is CC(C)c1ccc(-c2noc(C3CCC(=O)N(c4cnn(C)c4)C3)n2)cc1. The van der Waals surface area contributed by atoms with Gasteiger partial charge in [-0.1, -0.05) is 43.3 Å². The fourth-order valence-corrected chi connectivity index (χ4v) is 3.38. The van der Waals surface area contributed by atoms with E-state index in [1.165, 1.54) is 5.56 Å². The summed E-state index contributed by atoms with van der Waals surface area (Å²) >= 11 is 0. The van der Waals surface area contributed by atoms with E-state index < -0.39 is 0 Å². The molecule has 0 bridgehead atoms. The van der Waals surface area contributed by atoms with Crippen molar-refractivity contribution in [2.75, 3.05) is 11.4 Å². The van der Waals surface area contributed by atoms with Gasteiger partial charge in [-0.05, 0) is 17.9 Å². The normalized spacial score (nSPS) is 17.7. The summed E-state index contributed by atoms with van der Waals surface area (Å²) in [6.07, 6.45) is 4.72. The molecule has 3 aromatic rings. The number of amides is 1. The number of piperidine rings is 1. The van der Waals surface area contributed by atoms with E-state index in [0.717, 1.165) is 11.3 Å². The quantitative estimate of drug-likeness (QED) is 0.707. The lowest BCUT2D eigenvalue weighted by molar-refractivity contribution is -0.119. The van der Waals surface area contributed by atoms with Gasteiger partial charge in [-0.3, -0.25) is 9.48 Å². The molecule has 4 rings (SSSR count). The summed E-state index contributed by atoms with van der Waals surface area (Å²) in [6, 6.07) is 8.24. The lowest BCUT2D eigenvalue weighted by Crippen LogP contribution is -2.39. The maximum Gasteiger partial charge on any atom is 0.231 e. The third kappa shape index (κ3) is 3.49. The molecule has 0 N–H and O–H groups in total. The van der Waals surface area contributed by atoms with Gasteiger partial charge in [0.2, 0.25) is 17.6 Å². The number of aryl methyl sites for hydroxylation is 1. The largest absolute Gasteiger partial charge is 0.339 e. The van der Waals surface area contributed by atoms with E-state index in [9.17, 15) is 4.79 Å². The van der Waals surface area contributed by atoms with Crippen molar-refractivity contribution in [2.45, 2.75) is 38.5 Å². The molecule has 1 aromatic carbocycles. The highest BCUT2D eigenvalue weighted by atomic mass is 16.5. The van der Waals surface area contributed by atoms with Crippen LogP contribution in [0.2, 0.25) is 0 Å². The third-order valence-corrected chi connectivity index (χ3v) is 5.04. The summed E-state index contributed by atoms with van der Waals surface area (Å²) in [5.74, 6) is 1.78. The van der Waals surface area contributed by atoms with Crippen LogP contribution in [0.25, 0.3) is 11.4 Å². The highest BCUT2D eigenvalue weighted by Gasteiger charge is 2.31. The molecule has 1 aliphatic rings. The van der Waals surface area contributed by atoms with Crippen LogP contribution in [0.15, 0.2) is 41.2 Å². The topological polar surface area (TPSA) is 77.0 Å². The predicted octanol–water partition coefficient (Wildman–Crippen LogP) is 3.50. The maximum absolute atomic E-state index is 12.3. The van der Waals surface area contributed by atoms with E-state index in [1.807, 2.05) is 25.4 Å². The van der Waals surface area contributed by atoms with Crippen LogP contribution in [0.3, 0.4) is 0 Å². The maximum atomic E-state index is 12.3. The molecule has 7 nitrogen and oxygen atoms in total. The van der Waals surface area contributed by atoms with E-state index in [1.54, 1.807) is 15.8 Å². The number of rotatable bonds is 4. The lowest BCUT2D eigenvalue weighted by atomic mass is 9.97. The summed E-state index contributed by atoms with van der Waals surface area (Å²) in [5, 5.41) is 8.31. The molecule has 1 fully saturated rings. The minimum Gasteiger partial charge on any atom is -0.339 e. The van der Waals surface area contributed by atoms with Crippen molar-refractivity contribution in [1.82, 2.24) is 19.9 Å². The Labute approximate surface area is 158 Å². The van der Waals surface area contributed by atoms with E-state index in [0.29, 0.717) is 37.0 Å². The molecular weight excluding hydrogens is 342 g/mol. The lowest BCUT2D eigenvalue weighted by Gasteiger charge is -2.29. The molecule has 140 valence electrons. The minimum atomic E-state index is 0.0269. The Bertz CT molecular complexity index is 941. The fraction of sp³-hybridized carbons (Fsp3) is 0.400. The highest BCUT2D eigenvalue weighted by Crippen LogP contribution is 2.31. The Morgan fingerprint density at radius 2 is 2.00 bits per heavy atom. The van der Waals surface area contributed by atoms with Gasteiger partial charge in [0.1, 0.15) is 0 Å². The van der Waals surface area contributed by atoms with E-state index in [2.05, 4.69) is 41.2 Å². The van der Waals surface area contributed by atoms with Crippen LogP contribution >= 0.6 is 0 Å². The summed E-state index contributed by atoms with van der Waals surface area (Å²) in [4.78, 5) is 18.7. The number of benzene rings is 1. The number of aromatic nitrogens is 4. The Morgan fingerprint density at radius 3 is 2.67 bits per heavy atom. The molecule has 0 aliphatic carbocycles. The number of anilines is 1. The molecule has 2 aromatic heterocycles. The molecule has 1 atom stereocenters. The van der Waals surface area contributed by atoms with Gasteiger partial charge in [0.05, 0.1) is 17.8 Å². The van der Waals surface area contributed by atoms with Gasteiger partial charge in [0.15, 0.2) is 0 Å². The summed E-state index contributed by atoms with van der Waals surface area (Å²) in [7, 11) is 1.84. The van der Waals surface area contributed by atoms with Crippen LogP contribution in [0.4, 0.5) is 5.69 Å². The van der Waals surface area contributed by atoms with Crippen LogP contribution in [0.1, 0.15) is 50.0 Å². The first kappa shape index (κ1) is 17.5. The van der Waals surface area contributed by atoms with E-state index in [-0.39, 0.29) is 11.8 Å². The van der Waals surface area contributed by atoms with Crippen LogP contribution in [-0.2, 0) is 11.8 Å². The van der Waals surface area contributed by atoms with Gasteiger partial charge in [0, 0.05) is 31.8 Å². The first-order valence-corrected chi connectivity index (χ1v) is 9.24. The van der Waals surface area contributed by atoms with Crippen molar-refractivity contribution < 1.29 is 9.32 Å². The Balaban J connectivity index is 1.53. The summed E-state index contributed by atoms with van der Waals surface area (Å²) in [6.45, 7) is 4.86. The van der Waals surface area contributed by atoms with Crippen LogP contribution in [-0.4, -0.2) is 32.4 Å². The van der Waals surface area contributed by atoms with Gasteiger partial charge in [-0.2, -0.15) is 10.1 Å². The fourth-order valence-electron chi connectivity index (χ4n) is 3.38. The molecule has 7 heteroatoms. The van der Waals surface area contributed by atoms with Gasteiger partial charge >= 0.3 is 0 Å². The van der Waals surface area contributed by atoms with Crippen molar-refractivity contribution in [2.24, 2.45) is 7.05 Å². The Kier molecular flexibility index (Phi) is 4.51. The first-order valence-electron chi connectivity index (χ1n) is 9.24. The zero-order chi connectivity index (χ0) is 19.0. The molecule has 0 saturated carbocycles. The molecular formula is C20H23N5O2. The van der Waals surface area contributed by atoms with E-state index in [4.69, 9.17) is 4.52 Å². The third-order valence-electron chi connectivity index (χ3n) is 5.04. The Morgan fingerprint density at radius 1 is 1.22 bits per heavy atom. The van der Waals surface area contributed by atoms with Gasteiger partial charge in [0.25, 0.3) is 0 Å². The minimum absolute atomic E-state index is 0.0269. The van der Waals surface area contributed by atoms with E-state index >= 15 is 0 Å². The Hall–Kier alpha value is -2.96. The average Bonchev–Trinajstić information content (AvgIpc) is 3.32. The second-order valence-electron chi connectivity index (χ2n) is 7.35. The standard InChI is InChI=1S/C20H23N5O2/c1-13(2)14-4-6-15(7-5-14)19-22-20(27-23-19)16-8-9-18(26)25(11-16)17-10-21-24(3)12-17/h4-7,10,12-13,16H,8-9,11H2,1-3H3. The van der Waals surface area contributed by atoms with Crippen molar-refractivity contribution in [3.63, 3.8) is 0 Å². The van der Waals surface area contributed by atoms with Gasteiger partial charge < -0.3 is 9.42 Å². The molecule has 3 heterocycles. The number of hydrogen-bond acceptors (Lipinski definition) is 5. The zero-order valence-electron chi connectivity index (χ0n) is 15.8. The van der Waals surface area contributed by atoms with Crippen LogP contribution in [0, 0.1) is 0 Å². The number of carbonyl (C=O) groups excluding carboxylic acids is 1. The number of nitrogens with zero attached hydrogens (tertiary/aromatic N) is 5. The molecule has 0 spiro atoms. The summed E-state index contributed by atoms with van der Waals surface area (Å²) < 4.78 is 7.23. The molecule has 27 heavy (non-hydrogen) atoms. The molecule has 1 unspecified atom stereocenters. The van der Waals surface area contributed by atoms with Gasteiger partial charge in [-0.25, -0.2) is 0 Å². The molecule has 1 amide bonds. The van der Waals surface area contributed by atoms with Crippen LogP contribution in [0.5, 0.6) is 0 Å². The van der Waals surface area contributed by atoms with Crippen LogP contribution < -0.4 is 4.90 Å². The predicted molar refractivity (Wildman–Crippen MR) is 101 cm³/mol. The monoisotopic (exact) mass is 365 g/mol. The highest BCUT2D eigenvalue weighted by molar-refractivity contribution is 5.94. The average molecular weight is 365 g/mol. The number of carbonyl (C=O) groups is 1. The van der Waals surface area contributed by atoms with Crippen molar-refractivity contribution >= 4 is 11.6 Å². The summed E-state index contributed by atoms with van der Waals surface area (Å²) in [5.41, 5.74) is 3.02. The van der Waals surface area contributed by atoms with Crippen molar-refractivity contribution in [3.05, 3.63) is 48.1 Å². The zero-order valence-corrected chi connectivity index (χ0v) is 15.8. The molecule has 1 aliphatic heterocycles. The molecule has 0 radical (unpaired) electrons. The second kappa shape index (κ2) is 6.98. The van der Waals surface area contributed by atoms with Crippen molar-refractivity contribution in [1.29, 1.82) is 0 Å².